The van der Waals surface area contributed by atoms with Gasteiger partial charge in [-0.1, -0.05) is 50.3 Å². The maximum atomic E-state index is 10.1. The van der Waals surface area contributed by atoms with E-state index in [1.54, 1.807) is 0 Å². The molecule has 0 heterocycles. The monoisotopic (exact) mass is 414 g/mol. The van der Waals surface area contributed by atoms with Gasteiger partial charge in [0.05, 0.1) is 17.8 Å². The molecule has 168 valence electrons. The van der Waals surface area contributed by atoms with Crippen molar-refractivity contribution in [1.82, 2.24) is 0 Å². The van der Waals surface area contributed by atoms with Crippen LogP contribution in [0.4, 0.5) is 0 Å². The second kappa shape index (κ2) is 9.14. The molecule has 0 aromatic carbocycles. The summed E-state index contributed by atoms with van der Waals surface area (Å²) in [6.45, 7) is 12.6. The molecule has 3 heteroatoms. The van der Waals surface area contributed by atoms with Crippen LogP contribution in [0, 0.1) is 23.2 Å². The fourth-order valence-electron chi connectivity index (χ4n) is 6.31. The third-order valence-corrected chi connectivity index (χ3v) is 7.99. The summed E-state index contributed by atoms with van der Waals surface area (Å²) >= 11 is 0. The average molecular weight is 415 g/mol. The zero-order chi connectivity index (χ0) is 22.1. The summed E-state index contributed by atoms with van der Waals surface area (Å²) in [4.78, 5) is 0. The van der Waals surface area contributed by atoms with Crippen LogP contribution in [-0.4, -0.2) is 33.1 Å². The lowest BCUT2D eigenvalue weighted by atomic mass is 9.61. The number of aliphatic hydroxyl groups excluding tert-OH is 2. The van der Waals surface area contributed by atoms with E-state index in [9.17, 15) is 15.3 Å². The Bertz CT molecular complexity index is 723. The van der Waals surface area contributed by atoms with Crippen molar-refractivity contribution in [3.05, 3.63) is 47.6 Å². The van der Waals surface area contributed by atoms with Crippen LogP contribution >= 0.6 is 0 Å². The van der Waals surface area contributed by atoms with E-state index >= 15 is 0 Å². The van der Waals surface area contributed by atoms with Crippen molar-refractivity contribution in [2.75, 3.05) is 0 Å². The fraction of sp³-hybridized carbons (Fsp3) is 0.704. The van der Waals surface area contributed by atoms with Gasteiger partial charge in [0.2, 0.25) is 0 Å². The highest BCUT2D eigenvalue weighted by atomic mass is 16.3. The first-order valence-corrected chi connectivity index (χ1v) is 11.8. The van der Waals surface area contributed by atoms with E-state index in [2.05, 4.69) is 44.7 Å². The van der Waals surface area contributed by atoms with Gasteiger partial charge in [0.1, 0.15) is 0 Å². The van der Waals surface area contributed by atoms with Crippen LogP contribution < -0.4 is 0 Å². The van der Waals surface area contributed by atoms with Gasteiger partial charge in [0, 0.05) is 6.42 Å². The number of fused-ring (bicyclic) bond motifs is 1. The molecule has 0 unspecified atom stereocenters. The number of hydrogen-bond donors (Lipinski definition) is 3. The third kappa shape index (κ3) is 5.18. The van der Waals surface area contributed by atoms with Crippen LogP contribution in [0.1, 0.15) is 79.1 Å². The Kier molecular flexibility index (Phi) is 7.16. The highest BCUT2D eigenvalue weighted by Crippen LogP contribution is 2.59. The minimum Gasteiger partial charge on any atom is -0.393 e. The van der Waals surface area contributed by atoms with E-state index in [1.165, 1.54) is 31.3 Å². The van der Waals surface area contributed by atoms with Crippen molar-refractivity contribution < 1.29 is 15.3 Å². The molecule has 0 radical (unpaired) electrons. The lowest BCUT2D eigenvalue weighted by molar-refractivity contribution is 0.0830. The second-order valence-electron chi connectivity index (χ2n) is 11.0. The van der Waals surface area contributed by atoms with E-state index in [1.807, 2.05) is 13.8 Å². The lowest BCUT2D eigenvalue weighted by Gasteiger charge is -2.44. The molecule has 3 aliphatic carbocycles. The van der Waals surface area contributed by atoms with E-state index in [-0.39, 0.29) is 0 Å². The van der Waals surface area contributed by atoms with E-state index in [0.29, 0.717) is 42.4 Å². The summed E-state index contributed by atoms with van der Waals surface area (Å²) in [5.41, 5.74) is 2.98. The first kappa shape index (κ1) is 23.5. The Morgan fingerprint density at radius 2 is 1.97 bits per heavy atom. The molecule has 0 aromatic heterocycles. The quantitative estimate of drug-likeness (QED) is 0.522. The standard InChI is InChI=1S/C27H42O3/c1-18(8-6-14-26(3,4)30)23-12-13-24-20(9-7-15-27(23,24)5)10-11-21-16-22(28)17-25(29)19(21)2/h6,8,10-11,18,22-25,28-30H,2,7,9,12-17H2,1,3-5H3/b8-6-,20-10+,21-11-/t18-,22-,23-,24+,25+,27-/m1/s1. The normalized spacial score (nSPS) is 39.1. The molecule has 3 aliphatic rings. The molecule has 3 nitrogen and oxygen atoms in total. The molecule has 0 aromatic rings. The first-order chi connectivity index (χ1) is 14.0. The van der Waals surface area contributed by atoms with Crippen LogP contribution in [-0.2, 0) is 0 Å². The van der Waals surface area contributed by atoms with Crippen LogP contribution in [0.15, 0.2) is 47.6 Å². The Morgan fingerprint density at radius 3 is 2.67 bits per heavy atom. The van der Waals surface area contributed by atoms with Gasteiger partial charge in [-0.3, -0.25) is 0 Å². The van der Waals surface area contributed by atoms with Crippen LogP contribution in [0.5, 0.6) is 0 Å². The Labute approximate surface area is 183 Å². The molecular weight excluding hydrogens is 372 g/mol. The second-order valence-corrected chi connectivity index (χ2v) is 11.0. The van der Waals surface area contributed by atoms with Crippen molar-refractivity contribution in [3.63, 3.8) is 0 Å². The smallest absolute Gasteiger partial charge is 0.0811 e. The third-order valence-electron chi connectivity index (χ3n) is 7.99. The summed E-state index contributed by atoms with van der Waals surface area (Å²) in [6, 6.07) is 0. The molecule has 0 saturated heterocycles. The highest BCUT2D eigenvalue weighted by molar-refractivity contribution is 5.38. The lowest BCUT2D eigenvalue weighted by Crippen LogP contribution is -2.35. The number of hydrogen-bond acceptors (Lipinski definition) is 3. The van der Waals surface area contributed by atoms with Gasteiger partial charge in [-0.15, -0.1) is 0 Å². The molecular formula is C27H42O3. The predicted octanol–water partition coefficient (Wildman–Crippen LogP) is 5.48. The summed E-state index contributed by atoms with van der Waals surface area (Å²) in [6.07, 6.45) is 15.6. The first-order valence-electron chi connectivity index (χ1n) is 11.8. The van der Waals surface area contributed by atoms with Gasteiger partial charge in [0.25, 0.3) is 0 Å². The minimum absolute atomic E-state index is 0.323. The van der Waals surface area contributed by atoms with Gasteiger partial charge in [-0.2, -0.15) is 0 Å². The molecule has 3 N–H and O–H groups in total. The summed E-state index contributed by atoms with van der Waals surface area (Å²) in [5, 5.41) is 30.1. The maximum absolute atomic E-state index is 10.1. The van der Waals surface area contributed by atoms with Crippen LogP contribution in [0.2, 0.25) is 0 Å². The van der Waals surface area contributed by atoms with Crippen molar-refractivity contribution in [2.45, 2.75) is 96.9 Å². The number of allylic oxidation sites excluding steroid dienone is 4. The molecule has 0 aliphatic heterocycles. The summed E-state index contributed by atoms with van der Waals surface area (Å²) in [5.74, 6) is 1.80. The van der Waals surface area contributed by atoms with Gasteiger partial charge in [-0.05, 0) is 93.1 Å². The largest absolute Gasteiger partial charge is 0.393 e. The molecule has 30 heavy (non-hydrogen) atoms. The molecule has 3 fully saturated rings. The SMILES string of the molecule is C=C1/C(=C\C=C2/CCC[C@]3(C)[C@@H]([C@H](C)/C=C\CC(C)(C)O)CC[C@@H]23)C[C@@H](O)C[C@@H]1O. The van der Waals surface area contributed by atoms with Crippen molar-refractivity contribution in [2.24, 2.45) is 23.2 Å². The molecule has 0 spiro atoms. The van der Waals surface area contributed by atoms with Gasteiger partial charge in [0.15, 0.2) is 0 Å². The average Bonchev–Trinajstić information content (AvgIpc) is 3.00. The summed E-state index contributed by atoms with van der Waals surface area (Å²) in [7, 11) is 0. The number of rotatable bonds is 5. The van der Waals surface area contributed by atoms with Crippen molar-refractivity contribution in [3.8, 4) is 0 Å². The molecule has 0 bridgehead atoms. The molecule has 0 amide bonds. The van der Waals surface area contributed by atoms with Gasteiger partial charge < -0.3 is 15.3 Å². The van der Waals surface area contributed by atoms with Crippen LogP contribution in [0.3, 0.4) is 0 Å². The topological polar surface area (TPSA) is 60.7 Å². The fourth-order valence-corrected chi connectivity index (χ4v) is 6.31. The maximum Gasteiger partial charge on any atom is 0.0811 e. The van der Waals surface area contributed by atoms with E-state index in [4.69, 9.17) is 0 Å². The Hall–Kier alpha value is -1.16. The highest BCUT2D eigenvalue weighted by Gasteiger charge is 2.50. The molecule has 6 atom stereocenters. The van der Waals surface area contributed by atoms with Gasteiger partial charge >= 0.3 is 0 Å². The minimum atomic E-state index is -0.642. The van der Waals surface area contributed by atoms with Crippen molar-refractivity contribution in [1.29, 1.82) is 0 Å². The number of aliphatic hydroxyl groups is 3. The molecule has 3 saturated carbocycles. The van der Waals surface area contributed by atoms with E-state index in [0.717, 1.165) is 17.6 Å². The Morgan fingerprint density at radius 1 is 1.23 bits per heavy atom. The molecule has 3 rings (SSSR count). The zero-order valence-electron chi connectivity index (χ0n) is 19.4. The van der Waals surface area contributed by atoms with Crippen molar-refractivity contribution >= 4 is 0 Å². The predicted molar refractivity (Wildman–Crippen MR) is 124 cm³/mol. The van der Waals surface area contributed by atoms with Gasteiger partial charge in [-0.25, -0.2) is 0 Å². The Balaban J connectivity index is 1.75. The summed E-state index contributed by atoms with van der Waals surface area (Å²) < 4.78 is 0. The van der Waals surface area contributed by atoms with E-state index < -0.39 is 17.8 Å². The van der Waals surface area contributed by atoms with Crippen LogP contribution in [0.25, 0.3) is 0 Å². The zero-order valence-corrected chi connectivity index (χ0v) is 19.4.